The van der Waals surface area contributed by atoms with E-state index in [1.54, 1.807) is 6.07 Å². The lowest BCUT2D eigenvalue weighted by molar-refractivity contribution is -0.488. The first-order chi connectivity index (χ1) is 8.61. The van der Waals surface area contributed by atoms with Crippen molar-refractivity contribution in [2.75, 3.05) is 0 Å². The SMILES string of the molecule is O=C1c2ccc3c(c2C(=O)[C@@H]1[N+](=O)[O-])CCCC3. The second-order valence-electron chi connectivity index (χ2n) is 4.75. The Kier molecular flexibility index (Phi) is 2.29. The first kappa shape index (κ1) is 11.1. The summed E-state index contributed by atoms with van der Waals surface area (Å²) < 4.78 is 0. The molecule has 0 saturated heterocycles. The molecule has 5 nitrogen and oxygen atoms in total. The minimum Gasteiger partial charge on any atom is -0.286 e. The van der Waals surface area contributed by atoms with Crippen LogP contribution in [0.4, 0.5) is 0 Å². The molecule has 2 aliphatic rings. The van der Waals surface area contributed by atoms with Crippen LogP contribution in [0.3, 0.4) is 0 Å². The third-order valence-corrected chi connectivity index (χ3v) is 3.75. The maximum Gasteiger partial charge on any atom is 0.336 e. The second-order valence-corrected chi connectivity index (χ2v) is 4.75. The van der Waals surface area contributed by atoms with Gasteiger partial charge in [0.25, 0.3) is 0 Å². The van der Waals surface area contributed by atoms with Crippen LogP contribution in [-0.4, -0.2) is 22.5 Å². The van der Waals surface area contributed by atoms with E-state index in [4.69, 9.17) is 0 Å². The van der Waals surface area contributed by atoms with Gasteiger partial charge in [-0.2, -0.15) is 0 Å². The molecule has 1 aromatic carbocycles. The summed E-state index contributed by atoms with van der Waals surface area (Å²) in [4.78, 5) is 34.0. The Balaban J connectivity index is 2.21. The number of nitrogens with zero attached hydrogens (tertiary/aromatic N) is 1. The number of ketones is 2. The Labute approximate surface area is 103 Å². The molecule has 0 saturated carbocycles. The van der Waals surface area contributed by atoms with Gasteiger partial charge in [0, 0.05) is 16.1 Å². The van der Waals surface area contributed by atoms with Crippen LogP contribution in [0.15, 0.2) is 12.1 Å². The van der Waals surface area contributed by atoms with Crippen molar-refractivity contribution in [3.8, 4) is 0 Å². The topological polar surface area (TPSA) is 77.3 Å². The average Bonchev–Trinajstić information content (AvgIpc) is 2.62. The summed E-state index contributed by atoms with van der Waals surface area (Å²) in [5.74, 6) is -1.29. The Hall–Kier alpha value is -2.04. The van der Waals surface area contributed by atoms with Crippen LogP contribution in [-0.2, 0) is 12.8 Å². The summed E-state index contributed by atoms with van der Waals surface area (Å²) in [5.41, 5.74) is 2.48. The molecule has 0 amide bonds. The van der Waals surface area contributed by atoms with Gasteiger partial charge < -0.3 is 0 Å². The fraction of sp³-hybridized carbons (Fsp3) is 0.385. The van der Waals surface area contributed by atoms with Crippen LogP contribution in [0.5, 0.6) is 0 Å². The van der Waals surface area contributed by atoms with Gasteiger partial charge >= 0.3 is 6.04 Å². The van der Waals surface area contributed by atoms with Gasteiger partial charge in [-0.25, -0.2) is 0 Å². The zero-order valence-corrected chi connectivity index (χ0v) is 9.64. The van der Waals surface area contributed by atoms with Crippen LogP contribution in [0, 0.1) is 10.1 Å². The van der Waals surface area contributed by atoms with Crippen molar-refractivity contribution < 1.29 is 14.5 Å². The average molecular weight is 245 g/mol. The van der Waals surface area contributed by atoms with Crippen molar-refractivity contribution in [3.05, 3.63) is 44.5 Å². The largest absolute Gasteiger partial charge is 0.336 e. The molecule has 0 spiro atoms. The quantitative estimate of drug-likeness (QED) is 0.427. The zero-order chi connectivity index (χ0) is 12.9. The molecule has 0 N–H and O–H groups in total. The smallest absolute Gasteiger partial charge is 0.286 e. The van der Waals surface area contributed by atoms with E-state index >= 15 is 0 Å². The maximum absolute atomic E-state index is 12.1. The van der Waals surface area contributed by atoms with Crippen molar-refractivity contribution in [2.24, 2.45) is 0 Å². The molecule has 0 heterocycles. The second kappa shape index (κ2) is 3.73. The first-order valence-corrected chi connectivity index (χ1v) is 5.98. The molecule has 5 heteroatoms. The number of rotatable bonds is 1. The number of benzene rings is 1. The van der Waals surface area contributed by atoms with E-state index in [2.05, 4.69) is 0 Å². The molecule has 0 fully saturated rings. The molecule has 1 aromatic rings. The van der Waals surface area contributed by atoms with Gasteiger partial charge in [0.05, 0.1) is 0 Å². The van der Waals surface area contributed by atoms with Crippen LogP contribution in [0.1, 0.15) is 44.7 Å². The number of carbonyl (C=O) groups excluding carboxylic acids is 2. The van der Waals surface area contributed by atoms with Crippen molar-refractivity contribution in [1.29, 1.82) is 0 Å². The third-order valence-electron chi connectivity index (χ3n) is 3.75. The molecule has 2 aliphatic carbocycles. The number of nitro groups is 1. The van der Waals surface area contributed by atoms with Gasteiger partial charge in [-0.1, -0.05) is 12.1 Å². The van der Waals surface area contributed by atoms with E-state index in [0.29, 0.717) is 5.56 Å². The lowest BCUT2D eigenvalue weighted by Gasteiger charge is -2.17. The van der Waals surface area contributed by atoms with E-state index in [-0.39, 0.29) is 5.56 Å². The fourth-order valence-electron chi connectivity index (χ4n) is 2.91. The molecule has 0 radical (unpaired) electrons. The van der Waals surface area contributed by atoms with Crippen LogP contribution < -0.4 is 0 Å². The lowest BCUT2D eigenvalue weighted by atomic mass is 9.86. The van der Waals surface area contributed by atoms with E-state index in [1.165, 1.54) is 0 Å². The predicted octanol–water partition coefficient (Wildman–Crippen LogP) is 1.59. The van der Waals surface area contributed by atoms with E-state index in [0.717, 1.165) is 36.8 Å². The van der Waals surface area contributed by atoms with Crippen molar-refractivity contribution in [1.82, 2.24) is 0 Å². The molecular weight excluding hydrogens is 234 g/mol. The van der Waals surface area contributed by atoms with E-state index < -0.39 is 22.5 Å². The van der Waals surface area contributed by atoms with Crippen LogP contribution >= 0.6 is 0 Å². The Bertz CT molecular complexity index is 591. The third kappa shape index (κ3) is 1.33. The zero-order valence-electron chi connectivity index (χ0n) is 9.64. The van der Waals surface area contributed by atoms with Crippen molar-refractivity contribution in [3.63, 3.8) is 0 Å². The number of carbonyl (C=O) groups is 2. The molecule has 3 rings (SSSR count). The monoisotopic (exact) mass is 245 g/mol. The molecular formula is C13H11NO4. The van der Waals surface area contributed by atoms with Gasteiger partial charge in [0.15, 0.2) is 0 Å². The number of Topliss-reactive ketones (excluding diaryl/α,β-unsaturated/α-hetero) is 2. The number of hydrogen-bond acceptors (Lipinski definition) is 4. The van der Waals surface area contributed by atoms with Crippen LogP contribution in [0.25, 0.3) is 0 Å². The van der Waals surface area contributed by atoms with Gasteiger partial charge in [0.1, 0.15) is 0 Å². The summed E-state index contributed by atoms with van der Waals surface area (Å²) >= 11 is 0. The van der Waals surface area contributed by atoms with Gasteiger partial charge in [-0.15, -0.1) is 0 Å². The highest BCUT2D eigenvalue weighted by atomic mass is 16.6. The molecule has 0 unspecified atom stereocenters. The summed E-state index contributed by atoms with van der Waals surface area (Å²) in [6.45, 7) is 0. The van der Waals surface area contributed by atoms with Gasteiger partial charge in [0.2, 0.25) is 11.6 Å². The standard InChI is InChI=1S/C13H11NO4/c15-12-9-6-5-7-3-1-2-4-8(7)10(9)13(16)11(12)14(17)18/h5-6,11H,1-4H2/t11-/m1/s1. The molecule has 0 aliphatic heterocycles. The Morgan fingerprint density at radius 3 is 2.56 bits per heavy atom. The minimum atomic E-state index is -1.71. The molecule has 1 atom stereocenters. The molecule has 92 valence electrons. The summed E-state index contributed by atoms with van der Waals surface area (Å²) in [6, 6.07) is 1.69. The molecule has 0 bridgehead atoms. The predicted molar refractivity (Wildman–Crippen MR) is 62.5 cm³/mol. The highest BCUT2D eigenvalue weighted by Crippen LogP contribution is 2.33. The minimum absolute atomic E-state index is 0.238. The van der Waals surface area contributed by atoms with Crippen molar-refractivity contribution in [2.45, 2.75) is 31.7 Å². The highest BCUT2D eigenvalue weighted by Gasteiger charge is 2.48. The summed E-state index contributed by atoms with van der Waals surface area (Å²) in [7, 11) is 0. The Morgan fingerprint density at radius 2 is 1.83 bits per heavy atom. The maximum atomic E-state index is 12.1. The molecule has 18 heavy (non-hydrogen) atoms. The first-order valence-electron chi connectivity index (χ1n) is 5.98. The molecule has 0 aromatic heterocycles. The summed E-state index contributed by atoms with van der Waals surface area (Å²) in [6.07, 6.45) is 3.65. The lowest BCUT2D eigenvalue weighted by Crippen LogP contribution is -2.31. The Morgan fingerprint density at radius 1 is 1.11 bits per heavy atom. The number of fused-ring (bicyclic) bond motifs is 3. The summed E-state index contributed by atoms with van der Waals surface area (Å²) in [5, 5.41) is 10.8. The van der Waals surface area contributed by atoms with E-state index in [1.807, 2.05) is 6.07 Å². The van der Waals surface area contributed by atoms with Gasteiger partial charge in [-0.3, -0.25) is 19.7 Å². The normalized spacial score (nSPS) is 21.7. The van der Waals surface area contributed by atoms with Gasteiger partial charge in [-0.05, 0) is 36.8 Å². The fourth-order valence-corrected chi connectivity index (χ4v) is 2.91. The van der Waals surface area contributed by atoms with Crippen molar-refractivity contribution >= 4 is 11.6 Å². The number of aryl methyl sites for hydroxylation is 1. The number of hydrogen-bond donors (Lipinski definition) is 0. The van der Waals surface area contributed by atoms with Crippen LogP contribution in [0.2, 0.25) is 0 Å². The van der Waals surface area contributed by atoms with E-state index in [9.17, 15) is 19.7 Å². The highest BCUT2D eigenvalue weighted by molar-refractivity contribution is 6.29.